The smallest absolute Gasteiger partial charge is 0.0737 e. The first-order valence-corrected chi connectivity index (χ1v) is 15.7. The molecule has 0 saturated heterocycles. The maximum atomic E-state index is 4.34. The van der Waals surface area contributed by atoms with Crippen molar-refractivity contribution in [2.45, 2.75) is 24.7 Å². The van der Waals surface area contributed by atoms with Gasteiger partial charge in [-0.25, -0.2) is 0 Å². The summed E-state index contributed by atoms with van der Waals surface area (Å²) in [5, 5.41) is 5.44. The summed E-state index contributed by atoms with van der Waals surface area (Å²) in [6, 6.07) is 43.9. The van der Waals surface area contributed by atoms with Crippen molar-refractivity contribution in [3.63, 3.8) is 0 Å². The van der Waals surface area contributed by atoms with Crippen LogP contribution in [0.5, 0.6) is 0 Å². The van der Waals surface area contributed by atoms with E-state index in [1.54, 1.807) is 0 Å². The molecular formula is C44H28. The molecule has 11 rings (SSSR count). The number of hydrogen-bond donors (Lipinski definition) is 0. The monoisotopic (exact) mass is 556 g/mol. The second kappa shape index (κ2) is 7.29. The van der Waals surface area contributed by atoms with Gasteiger partial charge in [0.1, 0.15) is 0 Å². The Balaban J connectivity index is 1.47. The van der Waals surface area contributed by atoms with Crippen LogP contribution in [-0.4, -0.2) is 0 Å². The van der Waals surface area contributed by atoms with E-state index in [0.29, 0.717) is 0 Å². The van der Waals surface area contributed by atoms with E-state index in [2.05, 4.69) is 142 Å². The van der Waals surface area contributed by atoms with Crippen molar-refractivity contribution in [1.29, 1.82) is 0 Å². The van der Waals surface area contributed by atoms with Crippen LogP contribution < -0.4 is 0 Å². The van der Waals surface area contributed by atoms with E-state index in [4.69, 9.17) is 0 Å². The van der Waals surface area contributed by atoms with Crippen LogP contribution in [0.4, 0.5) is 0 Å². The Kier molecular flexibility index (Phi) is 3.86. The number of hydrogen-bond acceptors (Lipinski definition) is 0. The first-order chi connectivity index (χ1) is 21.6. The van der Waals surface area contributed by atoms with Gasteiger partial charge in [0.15, 0.2) is 0 Å². The van der Waals surface area contributed by atoms with Gasteiger partial charge in [-0.3, -0.25) is 0 Å². The summed E-state index contributed by atoms with van der Waals surface area (Å²) in [4.78, 5) is 0. The van der Waals surface area contributed by atoms with Gasteiger partial charge in [0, 0.05) is 5.41 Å². The Morgan fingerprint density at radius 3 is 1.84 bits per heavy atom. The molecule has 4 aliphatic carbocycles. The third-order valence-corrected chi connectivity index (χ3v) is 11.5. The third-order valence-electron chi connectivity index (χ3n) is 11.5. The SMILES string of the molecule is C=Cc1cccc2c3c(c4cc5c6c(c4c12)-c1cccc2c1C6(c1ccccc1-2)c1ccccc1-5)C(C)(C)c1ccccc1-3. The molecule has 0 nitrogen and oxygen atoms in total. The van der Waals surface area contributed by atoms with Crippen molar-refractivity contribution in [2.24, 2.45) is 0 Å². The van der Waals surface area contributed by atoms with Gasteiger partial charge >= 0.3 is 0 Å². The molecule has 0 saturated carbocycles. The third kappa shape index (κ3) is 2.22. The summed E-state index contributed by atoms with van der Waals surface area (Å²) >= 11 is 0. The minimum atomic E-state index is -0.287. The first kappa shape index (κ1) is 23.3. The molecule has 4 aliphatic rings. The van der Waals surface area contributed by atoms with Crippen molar-refractivity contribution in [1.82, 2.24) is 0 Å². The highest BCUT2D eigenvalue weighted by Gasteiger charge is 2.58. The molecule has 1 atom stereocenters. The van der Waals surface area contributed by atoms with Gasteiger partial charge in [-0.15, -0.1) is 0 Å². The summed E-state index contributed by atoms with van der Waals surface area (Å²) in [7, 11) is 0. The van der Waals surface area contributed by atoms with Crippen LogP contribution in [-0.2, 0) is 10.8 Å². The summed E-state index contributed by atoms with van der Waals surface area (Å²) < 4.78 is 0. The van der Waals surface area contributed by atoms with Crippen molar-refractivity contribution < 1.29 is 0 Å². The zero-order chi connectivity index (χ0) is 29.1. The van der Waals surface area contributed by atoms with Gasteiger partial charge in [0.2, 0.25) is 0 Å². The minimum Gasteiger partial charge on any atom is -0.0984 e. The predicted molar refractivity (Wildman–Crippen MR) is 184 cm³/mol. The lowest BCUT2D eigenvalue weighted by Crippen LogP contribution is -2.23. The highest BCUT2D eigenvalue weighted by molar-refractivity contribution is 6.28. The fourth-order valence-corrected chi connectivity index (χ4v) is 10.1. The number of benzene rings is 7. The molecule has 0 bridgehead atoms. The van der Waals surface area contributed by atoms with Gasteiger partial charge in [-0.1, -0.05) is 136 Å². The largest absolute Gasteiger partial charge is 0.0984 e. The van der Waals surface area contributed by atoms with E-state index in [1.807, 2.05) is 0 Å². The lowest BCUT2D eigenvalue weighted by molar-refractivity contribution is 0.666. The van der Waals surface area contributed by atoms with Crippen LogP contribution in [0.3, 0.4) is 0 Å². The summed E-state index contributed by atoms with van der Waals surface area (Å²) in [6.45, 7) is 9.19. The zero-order valence-electron chi connectivity index (χ0n) is 24.8. The Labute approximate surface area is 256 Å². The molecule has 1 spiro atoms. The summed E-state index contributed by atoms with van der Waals surface area (Å²) in [6.07, 6.45) is 2.07. The quantitative estimate of drug-likeness (QED) is 0.176. The van der Waals surface area contributed by atoms with Gasteiger partial charge in [0.25, 0.3) is 0 Å². The van der Waals surface area contributed by atoms with E-state index in [1.165, 1.54) is 105 Å². The van der Waals surface area contributed by atoms with Crippen molar-refractivity contribution in [2.75, 3.05) is 0 Å². The van der Waals surface area contributed by atoms with E-state index in [9.17, 15) is 0 Å². The molecule has 0 fully saturated rings. The molecule has 0 aromatic heterocycles. The normalized spacial score (nSPS) is 18.1. The van der Waals surface area contributed by atoms with Crippen molar-refractivity contribution >= 4 is 27.6 Å². The molecule has 0 heteroatoms. The predicted octanol–water partition coefficient (Wildman–Crippen LogP) is 11.3. The van der Waals surface area contributed by atoms with Crippen LogP contribution >= 0.6 is 0 Å². The van der Waals surface area contributed by atoms with Gasteiger partial charge in [-0.05, 0) is 111 Å². The average molecular weight is 557 g/mol. The van der Waals surface area contributed by atoms with Crippen molar-refractivity contribution in [3.8, 4) is 44.5 Å². The highest BCUT2D eigenvalue weighted by atomic mass is 14.6. The van der Waals surface area contributed by atoms with Crippen LogP contribution in [0, 0.1) is 0 Å². The Morgan fingerprint density at radius 1 is 0.477 bits per heavy atom. The van der Waals surface area contributed by atoms with E-state index in [-0.39, 0.29) is 10.8 Å². The highest BCUT2D eigenvalue weighted by Crippen LogP contribution is 2.72. The molecular weight excluding hydrogens is 528 g/mol. The summed E-state index contributed by atoms with van der Waals surface area (Å²) in [5.74, 6) is 0. The second-order valence-corrected chi connectivity index (χ2v) is 13.6. The molecule has 1 unspecified atom stereocenters. The molecule has 0 N–H and O–H groups in total. The minimum absolute atomic E-state index is 0.133. The van der Waals surface area contributed by atoms with Crippen LogP contribution in [0.15, 0.2) is 122 Å². The van der Waals surface area contributed by atoms with Crippen molar-refractivity contribution in [3.05, 3.63) is 161 Å². The van der Waals surface area contributed by atoms with E-state index < -0.39 is 0 Å². The lowest BCUT2D eigenvalue weighted by atomic mass is 9.72. The zero-order valence-corrected chi connectivity index (χ0v) is 24.8. The Hall–Kier alpha value is -5.20. The first-order valence-electron chi connectivity index (χ1n) is 15.7. The number of rotatable bonds is 1. The lowest BCUT2D eigenvalue weighted by Gasteiger charge is -2.28. The average Bonchev–Trinajstić information content (AvgIpc) is 3.72. The fourth-order valence-electron chi connectivity index (χ4n) is 10.1. The van der Waals surface area contributed by atoms with E-state index in [0.717, 1.165) is 0 Å². The molecule has 7 aromatic carbocycles. The summed E-state index contributed by atoms with van der Waals surface area (Å²) in [5.41, 5.74) is 20.6. The van der Waals surface area contributed by atoms with Crippen LogP contribution in [0.25, 0.3) is 72.1 Å². The van der Waals surface area contributed by atoms with E-state index >= 15 is 0 Å². The second-order valence-electron chi connectivity index (χ2n) is 13.6. The molecule has 7 aromatic rings. The van der Waals surface area contributed by atoms with Gasteiger partial charge in [0.05, 0.1) is 5.41 Å². The van der Waals surface area contributed by atoms with Crippen LogP contribution in [0.1, 0.15) is 52.8 Å². The fraction of sp³-hybridized carbons (Fsp3) is 0.0909. The molecule has 0 amide bonds. The number of fused-ring (bicyclic) bond motifs is 14. The van der Waals surface area contributed by atoms with Gasteiger partial charge < -0.3 is 0 Å². The van der Waals surface area contributed by atoms with Crippen LogP contribution in [0.2, 0.25) is 0 Å². The maximum Gasteiger partial charge on any atom is 0.0737 e. The molecule has 0 radical (unpaired) electrons. The Bertz CT molecular complexity index is 2540. The topological polar surface area (TPSA) is 0 Å². The standard InChI is InChI=1S/C44H28/c1-4-24-13-11-18-29-36(24)38-32(41-37(29)28-16-7-8-20-33(28)43(41,2)3)23-31-26-15-6-10-22-35(26)44-34-21-9-5-14-25(34)27-17-12-19-30(40(27)44)39(38)42(31)44/h4-23H,1H2,2-3H3. The molecule has 44 heavy (non-hydrogen) atoms. The maximum absolute atomic E-state index is 4.34. The molecule has 0 heterocycles. The van der Waals surface area contributed by atoms with Gasteiger partial charge in [-0.2, -0.15) is 0 Å². The molecule has 0 aliphatic heterocycles. The Morgan fingerprint density at radius 2 is 1.09 bits per heavy atom. The molecule has 204 valence electrons.